The summed E-state index contributed by atoms with van der Waals surface area (Å²) in [5.41, 5.74) is 2.28. The molecule has 142 valence electrons. The summed E-state index contributed by atoms with van der Waals surface area (Å²) < 4.78 is 11.4. The quantitative estimate of drug-likeness (QED) is 0.699. The van der Waals surface area contributed by atoms with Gasteiger partial charge in [-0.05, 0) is 31.0 Å². The summed E-state index contributed by atoms with van der Waals surface area (Å²) in [7, 11) is 1.43. The molecule has 2 aromatic carbocycles. The number of ketones is 1. The third-order valence-corrected chi connectivity index (χ3v) is 4.62. The van der Waals surface area contributed by atoms with Gasteiger partial charge in [0.05, 0.1) is 20.1 Å². The molecule has 0 aromatic heterocycles. The van der Waals surface area contributed by atoms with E-state index in [9.17, 15) is 20.1 Å². The van der Waals surface area contributed by atoms with Gasteiger partial charge in [-0.2, -0.15) is 0 Å². The minimum Gasteiger partial charge on any atom is -0.508 e. The lowest BCUT2D eigenvalue weighted by Gasteiger charge is -2.29. The molecule has 3 rings (SSSR count). The Morgan fingerprint density at radius 3 is 2.63 bits per heavy atom. The number of benzene rings is 2. The Bertz CT molecular complexity index is 883. The summed E-state index contributed by atoms with van der Waals surface area (Å²) in [4.78, 5) is 12.8. The van der Waals surface area contributed by atoms with E-state index in [4.69, 9.17) is 9.47 Å². The highest BCUT2D eigenvalue weighted by Gasteiger charge is 2.33. The normalized spacial score (nSPS) is 16.6. The van der Waals surface area contributed by atoms with Crippen LogP contribution in [0.25, 0.3) is 0 Å². The number of Topliss-reactive ketones (excluding diaryl/α,β-unsaturated/α-hetero) is 1. The van der Waals surface area contributed by atoms with Gasteiger partial charge in [-0.1, -0.05) is 23.8 Å². The summed E-state index contributed by atoms with van der Waals surface area (Å²) in [6.45, 7) is 1.69. The van der Waals surface area contributed by atoms with Crippen molar-refractivity contribution in [3.63, 3.8) is 0 Å². The number of hydrogen-bond acceptors (Lipinski definition) is 6. The summed E-state index contributed by atoms with van der Waals surface area (Å²) in [6.07, 6.45) is 1.68. The van der Waals surface area contributed by atoms with Crippen LogP contribution in [0.1, 0.15) is 40.9 Å². The molecule has 1 aliphatic rings. The number of hydrogen-bond donors (Lipinski definition) is 3. The van der Waals surface area contributed by atoms with Gasteiger partial charge in [0.1, 0.15) is 34.7 Å². The minimum atomic E-state index is -0.529. The molecule has 6 nitrogen and oxygen atoms in total. The molecule has 2 aromatic rings. The Labute approximate surface area is 157 Å². The Hall–Kier alpha value is -2.99. The molecule has 0 amide bonds. The van der Waals surface area contributed by atoms with E-state index in [1.54, 1.807) is 25.1 Å². The molecule has 0 saturated heterocycles. The van der Waals surface area contributed by atoms with Gasteiger partial charge in [-0.15, -0.1) is 0 Å². The van der Waals surface area contributed by atoms with Crippen LogP contribution in [0.2, 0.25) is 0 Å². The van der Waals surface area contributed by atoms with E-state index < -0.39 is 6.10 Å². The lowest BCUT2D eigenvalue weighted by Crippen LogP contribution is -2.22. The largest absolute Gasteiger partial charge is 0.508 e. The molecule has 1 aliphatic heterocycles. The fraction of sp³-hybridized carbons (Fsp3) is 0.286. The van der Waals surface area contributed by atoms with Crippen LogP contribution in [0, 0.1) is 0 Å². The van der Waals surface area contributed by atoms with Gasteiger partial charge in [-0.3, -0.25) is 4.79 Å². The van der Waals surface area contributed by atoms with Gasteiger partial charge in [-0.25, -0.2) is 0 Å². The van der Waals surface area contributed by atoms with Crippen molar-refractivity contribution in [1.29, 1.82) is 0 Å². The predicted molar refractivity (Wildman–Crippen MR) is 99.6 cm³/mol. The zero-order valence-corrected chi connectivity index (χ0v) is 15.2. The zero-order chi connectivity index (χ0) is 19.6. The van der Waals surface area contributed by atoms with Crippen LogP contribution in [0.15, 0.2) is 42.0 Å². The molecular formula is C21H22O6. The molecule has 0 aliphatic carbocycles. The van der Waals surface area contributed by atoms with Gasteiger partial charge in [0, 0.05) is 11.6 Å². The first-order chi connectivity index (χ1) is 12.9. The van der Waals surface area contributed by atoms with Gasteiger partial charge in [0.25, 0.3) is 0 Å². The van der Waals surface area contributed by atoms with E-state index in [0.717, 1.165) is 11.1 Å². The van der Waals surface area contributed by atoms with Crippen molar-refractivity contribution in [3.05, 3.63) is 58.7 Å². The highest BCUT2D eigenvalue weighted by Crippen LogP contribution is 2.46. The molecule has 27 heavy (non-hydrogen) atoms. The van der Waals surface area contributed by atoms with E-state index in [-0.39, 0.29) is 36.1 Å². The SMILES string of the molecule is COc1cc(O)c(CC=C(C)CO)c2c1C(=O)C[C@@H](c1ccc(O)cc1)O2. The summed E-state index contributed by atoms with van der Waals surface area (Å²) >= 11 is 0. The second-order valence-electron chi connectivity index (χ2n) is 6.52. The fourth-order valence-corrected chi connectivity index (χ4v) is 3.08. The molecule has 3 N–H and O–H groups in total. The fourth-order valence-electron chi connectivity index (χ4n) is 3.08. The first-order valence-corrected chi connectivity index (χ1v) is 8.62. The van der Waals surface area contributed by atoms with E-state index in [2.05, 4.69) is 0 Å². The third-order valence-electron chi connectivity index (χ3n) is 4.62. The lowest BCUT2D eigenvalue weighted by atomic mass is 9.92. The standard InChI is InChI=1S/C21H22O6/c1-12(11-22)3-8-15-16(24)9-19(26-2)20-17(25)10-18(27-21(15)20)13-4-6-14(23)7-5-13/h3-7,9,18,22-24H,8,10-11H2,1-2H3/t18-/m0/s1. The number of phenols is 2. The van der Waals surface area contributed by atoms with Gasteiger partial charge in [0.15, 0.2) is 5.78 Å². The van der Waals surface area contributed by atoms with Crippen LogP contribution < -0.4 is 9.47 Å². The second kappa shape index (κ2) is 7.72. The molecule has 0 saturated carbocycles. The monoisotopic (exact) mass is 370 g/mol. The van der Waals surface area contributed by atoms with Crippen LogP contribution in [0.5, 0.6) is 23.0 Å². The van der Waals surface area contributed by atoms with Crippen molar-refractivity contribution >= 4 is 5.78 Å². The molecule has 1 atom stereocenters. The summed E-state index contributed by atoms with van der Waals surface area (Å²) in [6, 6.07) is 7.89. The topological polar surface area (TPSA) is 96.2 Å². The number of ether oxygens (including phenoxy) is 2. The van der Waals surface area contributed by atoms with Gasteiger partial charge >= 0.3 is 0 Å². The number of carbonyl (C=O) groups is 1. The zero-order valence-electron chi connectivity index (χ0n) is 15.2. The van der Waals surface area contributed by atoms with Crippen LogP contribution in [0.4, 0.5) is 0 Å². The first kappa shape index (κ1) is 18.8. The smallest absolute Gasteiger partial charge is 0.174 e. The third kappa shape index (κ3) is 3.75. The predicted octanol–water partition coefficient (Wildman–Crippen LogP) is 3.29. The van der Waals surface area contributed by atoms with E-state index >= 15 is 0 Å². The molecule has 0 unspecified atom stereocenters. The summed E-state index contributed by atoms with van der Waals surface area (Å²) in [5.74, 6) is 0.513. The highest BCUT2D eigenvalue weighted by molar-refractivity contribution is 6.03. The van der Waals surface area contributed by atoms with Crippen LogP contribution in [-0.2, 0) is 6.42 Å². The highest BCUT2D eigenvalue weighted by atomic mass is 16.5. The van der Waals surface area contributed by atoms with E-state index in [0.29, 0.717) is 23.3 Å². The first-order valence-electron chi connectivity index (χ1n) is 8.62. The number of carbonyl (C=O) groups excluding carboxylic acids is 1. The molecule has 6 heteroatoms. The van der Waals surface area contributed by atoms with Crippen molar-refractivity contribution in [2.45, 2.75) is 25.9 Å². The molecule has 0 fully saturated rings. The molecular weight excluding hydrogens is 348 g/mol. The number of rotatable bonds is 5. The number of phenolic OH excluding ortho intramolecular Hbond substituents is 2. The number of aliphatic hydroxyl groups excluding tert-OH is 1. The molecule has 0 bridgehead atoms. The van der Waals surface area contributed by atoms with Crippen molar-refractivity contribution in [3.8, 4) is 23.0 Å². The number of aromatic hydroxyl groups is 2. The van der Waals surface area contributed by atoms with E-state index in [1.165, 1.54) is 25.3 Å². The molecule has 1 heterocycles. The molecule has 0 spiro atoms. The average molecular weight is 370 g/mol. The second-order valence-corrected chi connectivity index (χ2v) is 6.52. The lowest BCUT2D eigenvalue weighted by molar-refractivity contribution is 0.0842. The molecule has 0 radical (unpaired) electrons. The van der Waals surface area contributed by atoms with Crippen LogP contribution in [0.3, 0.4) is 0 Å². The Balaban J connectivity index is 2.07. The maximum Gasteiger partial charge on any atom is 0.174 e. The Kier molecular flexibility index (Phi) is 5.37. The van der Waals surface area contributed by atoms with Crippen molar-refractivity contribution in [2.24, 2.45) is 0 Å². The maximum absolute atomic E-state index is 12.8. The number of aliphatic hydroxyl groups is 1. The van der Waals surface area contributed by atoms with E-state index in [1.807, 2.05) is 0 Å². The van der Waals surface area contributed by atoms with Crippen molar-refractivity contribution in [1.82, 2.24) is 0 Å². The van der Waals surface area contributed by atoms with Crippen molar-refractivity contribution in [2.75, 3.05) is 13.7 Å². The maximum atomic E-state index is 12.8. The van der Waals surface area contributed by atoms with Gasteiger partial charge < -0.3 is 24.8 Å². The number of fused-ring (bicyclic) bond motifs is 1. The van der Waals surface area contributed by atoms with Gasteiger partial charge in [0.2, 0.25) is 0 Å². The Morgan fingerprint density at radius 1 is 1.30 bits per heavy atom. The number of allylic oxidation sites excluding steroid dienone is 1. The van der Waals surface area contributed by atoms with Crippen LogP contribution in [-0.4, -0.2) is 34.8 Å². The van der Waals surface area contributed by atoms with Crippen molar-refractivity contribution < 1.29 is 29.6 Å². The average Bonchev–Trinajstić information content (AvgIpc) is 2.66. The Morgan fingerprint density at radius 2 is 2.00 bits per heavy atom. The van der Waals surface area contributed by atoms with Crippen LogP contribution >= 0.6 is 0 Å². The summed E-state index contributed by atoms with van der Waals surface area (Å²) in [5, 5.41) is 29.1. The number of methoxy groups -OCH3 is 1. The minimum absolute atomic E-state index is 0.0354.